The summed E-state index contributed by atoms with van der Waals surface area (Å²) in [6, 6.07) is 4.39. The second kappa shape index (κ2) is 11.5. The average molecular weight is 459 g/mol. The van der Waals surface area contributed by atoms with E-state index in [0.29, 0.717) is 11.5 Å². The first kappa shape index (κ1) is 25.2. The number of aryl methyl sites for hydroxylation is 1. The van der Waals surface area contributed by atoms with Crippen LogP contribution < -0.4 is 14.8 Å². The molecule has 10 nitrogen and oxygen atoms in total. The number of Topliss-reactive ketones (excluding diaryl/α,β-unsaturated/α-hetero) is 1. The van der Waals surface area contributed by atoms with Crippen LogP contribution in [-0.4, -0.2) is 50.6 Å². The molecule has 1 heterocycles. The van der Waals surface area contributed by atoms with Gasteiger partial charge >= 0.3 is 11.9 Å². The Balaban J connectivity index is 2.11. The molecule has 1 amide bonds. The number of methoxy groups -OCH3 is 1. The Labute approximate surface area is 190 Å². The fourth-order valence-corrected chi connectivity index (χ4v) is 2.89. The molecule has 0 atom stereocenters. The Morgan fingerprint density at radius 2 is 1.82 bits per heavy atom. The third kappa shape index (κ3) is 6.22. The molecule has 0 aliphatic heterocycles. The number of carbonyl (C=O) groups is 4. The van der Waals surface area contributed by atoms with E-state index in [1.807, 2.05) is 0 Å². The summed E-state index contributed by atoms with van der Waals surface area (Å²) in [7, 11) is 1.42. The van der Waals surface area contributed by atoms with Crippen molar-refractivity contribution in [1.29, 1.82) is 0 Å². The molecule has 0 bridgehead atoms. The molecule has 1 N–H and O–H groups in total. The second-order valence-corrected chi connectivity index (χ2v) is 6.60. The number of nitrogens with one attached hydrogen (secondary N) is 1. The maximum Gasteiger partial charge on any atom is 0.344 e. The molecule has 1 aromatic heterocycles. The zero-order chi connectivity index (χ0) is 24.5. The number of benzene rings is 1. The van der Waals surface area contributed by atoms with Gasteiger partial charge in [-0.3, -0.25) is 14.9 Å². The van der Waals surface area contributed by atoms with Crippen molar-refractivity contribution in [3.05, 3.63) is 53.3 Å². The number of amides is 1. The molecular formula is C23H25NO9. The molecule has 0 saturated heterocycles. The first-order valence-corrected chi connectivity index (χ1v) is 9.93. The summed E-state index contributed by atoms with van der Waals surface area (Å²) in [4.78, 5) is 48.9. The highest BCUT2D eigenvalue weighted by Gasteiger charge is 2.29. The van der Waals surface area contributed by atoms with Gasteiger partial charge in [-0.2, -0.15) is 0 Å². The van der Waals surface area contributed by atoms with Gasteiger partial charge in [-0.25, -0.2) is 9.59 Å². The van der Waals surface area contributed by atoms with E-state index < -0.39 is 30.2 Å². The normalized spacial score (nSPS) is 10.2. The van der Waals surface area contributed by atoms with Crippen LogP contribution in [0.25, 0.3) is 0 Å². The van der Waals surface area contributed by atoms with Crippen LogP contribution in [0, 0.1) is 6.92 Å². The SMILES string of the molecule is C=CCOc1ccc(C(=O)OCC(=O)Nc2oc(C)c(C(C)=O)c2C(=O)OCC)cc1OC. The lowest BCUT2D eigenvalue weighted by Gasteiger charge is -2.11. The Bertz CT molecular complexity index is 1070. The zero-order valence-electron chi connectivity index (χ0n) is 18.8. The van der Waals surface area contributed by atoms with Crippen LogP contribution in [0.5, 0.6) is 11.5 Å². The first-order chi connectivity index (χ1) is 15.7. The summed E-state index contributed by atoms with van der Waals surface area (Å²) in [6.07, 6.45) is 1.56. The molecule has 0 aliphatic rings. The van der Waals surface area contributed by atoms with E-state index in [-0.39, 0.29) is 41.5 Å². The number of carbonyl (C=O) groups excluding carboxylic acids is 4. The molecule has 2 rings (SSSR count). The van der Waals surface area contributed by atoms with E-state index in [1.165, 1.54) is 39.2 Å². The standard InChI is InChI=1S/C23H25NO9/c1-6-10-31-16-9-8-15(11-17(16)29-5)22(27)32-12-18(26)24-21-20(23(28)30-7-2)19(13(3)25)14(4)33-21/h6,8-9,11H,1,7,10,12H2,2-5H3,(H,24,26). The van der Waals surface area contributed by atoms with E-state index in [0.717, 1.165) is 0 Å². The molecule has 0 unspecified atom stereocenters. The Morgan fingerprint density at radius 3 is 2.42 bits per heavy atom. The van der Waals surface area contributed by atoms with Crippen molar-refractivity contribution in [2.45, 2.75) is 20.8 Å². The second-order valence-electron chi connectivity index (χ2n) is 6.60. The molecule has 0 spiro atoms. The lowest BCUT2D eigenvalue weighted by molar-refractivity contribution is -0.119. The number of esters is 2. The van der Waals surface area contributed by atoms with Gasteiger partial charge in [-0.1, -0.05) is 12.7 Å². The number of hydrogen-bond donors (Lipinski definition) is 1. The fraction of sp³-hybridized carbons (Fsp3) is 0.304. The van der Waals surface area contributed by atoms with Crippen LogP contribution >= 0.6 is 0 Å². The van der Waals surface area contributed by atoms with Gasteiger partial charge in [0.15, 0.2) is 23.9 Å². The highest BCUT2D eigenvalue weighted by molar-refractivity contribution is 6.10. The topological polar surface area (TPSA) is 130 Å². The van der Waals surface area contributed by atoms with Crippen LogP contribution in [0.3, 0.4) is 0 Å². The first-order valence-electron chi connectivity index (χ1n) is 9.93. The van der Waals surface area contributed by atoms with E-state index in [4.69, 9.17) is 23.4 Å². The van der Waals surface area contributed by atoms with Crippen molar-refractivity contribution < 1.29 is 42.5 Å². The number of ether oxygens (including phenoxy) is 4. The third-order valence-corrected chi connectivity index (χ3v) is 4.26. The van der Waals surface area contributed by atoms with Gasteiger partial charge in [0.05, 0.1) is 24.8 Å². The van der Waals surface area contributed by atoms with Gasteiger partial charge in [0.25, 0.3) is 5.91 Å². The van der Waals surface area contributed by atoms with Crippen LogP contribution in [0.4, 0.5) is 5.88 Å². The van der Waals surface area contributed by atoms with Crippen molar-refractivity contribution in [3.63, 3.8) is 0 Å². The van der Waals surface area contributed by atoms with Gasteiger partial charge < -0.3 is 23.4 Å². The molecule has 33 heavy (non-hydrogen) atoms. The monoisotopic (exact) mass is 459 g/mol. The average Bonchev–Trinajstić information content (AvgIpc) is 3.11. The predicted octanol–water partition coefficient (Wildman–Crippen LogP) is 3.34. The summed E-state index contributed by atoms with van der Waals surface area (Å²) < 4.78 is 26.0. The Kier molecular flexibility index (Phi) is 8.79. The Morgan fingerprint density at radius 1 is 1.09 bits per heavy atom. The van der Waals surface area contributed by atoms with Crippen LogP contribution in [0.1, 0.15) is 50.7 Å². The molecule has 10 heteroatoms. The summed E-state index contributed by atoms with van der Waals surface area (Å²) in [6.45, 7) is 7.54. The number of rotatable bonds is 11. The molecule has 0 aliphatic carbocycles. The fourth-order valence-electron chi connectivity index (χ4n) is 2.89. The van der Waals surface area contributed by atoms with Gasteiger partial charge in [0.1, 0.15) is 17.9 Å². The summed E-state index contributed by atoms with van der Waals surface area (Å²) in [5.74, 6) is -2.23. The maximum atomic E-state index is 12.3. The molecule has 0 radical (unpaired) electrons. The maximum absolute atomic E-state index is 12.3. The highest BCUT2D eigenvalue weighted by Crippen LogP contribution is 2.29. The molecule has 1 aromatic carbocycles. The number of hydrogen-bond acceptors (Lipinski definition) is 9. The Hall–Kier alpha value is -4.08. The number of anilines is 1. The lowest BCUT2D eigenvalue weighted by atomic mass is 10.1. The number of furan rings is 1. The summed E-state index contributed by atoms with van der Waals surface area (Å²) in [5, 5.41) is 2.34. The van der Waals surface area contributed by atoms with Crippen molar-refractivity contribution in [2.75, 3.05) is 32.2 Å². The largest absolute Gasteiger partial charge is 0.493 e. The van der Waals surface area contributed by atoms with Crippen LogP contribution in [-0.2, 0) is 14.3 Å². The van der Waals surface area contributed by atoms with E-state index in [9.17, 15) is 19.2 Å². The van der Waals surface area contributed by atoms with Crippen LogP contribution in [0.15, 0.2) is 35.3 Å². The van der Waals surface area contributed by atoms with Crippen molar-refractivity contribution in [1.82, 2.24) is 0 Å². The van der Waals surface area contributed by atoms with Gasteiger partial charge in [0.2, 0.25) is 5.88 Å². The van der Waals surface area contributed by atoms with Crippen molar-refractivity contribution in [2.24, 2.45) is 0 Å². The van der Waals surface area contributed by atoms with Gasteiger partial charge in [0, 0.05) is 0 Å². The van der Waals surface area contributed by atoms with Crippen molar-refractivity contribution in [3.8, 4) is 11.5 Å². The minimum atomic E-state index is -0.822. The minimum absolute atomic E-state index is 0.00611. The van der Waals surface area contributed by atoms with Crippen molar-refractivity contribution >= 4 is 29.5 Å². The smallest absolute Gasteiger partial charge is 0.344 e. The highest BCUT2D eigenvalue weighted by atomic mass is 16.5. The molecular weight excluding hydrogens is 434 g/mol. The lowest BCUT2D eigenvalue weighted by Crippen LogP contribution is -2.22. The van der Waals surface area contributed by atoms with Gasteiger partial charge in [-0.05, 0) is 39.0 Å². The van der Waals surface area contributed by atoms with E-state index in [2.05, 4.69) is 11.9 Å². The van der Waals surface area contributed by atoms with Crippen LogP contribution in [0.2, 0.25) is 0 Å². The van der Waals surface area contributed by atoms with Gasteiger partial charge in [-0.15, -0.1) is 0 Å². The zero-order valence-corrected chi connectivity index (χ0v) is 18.8. The van der Waals surface area contributed by atoms with E-state index >= 15 is 0 Å². The molecule has 2 aromatic rings. The quantitative estimate of drug-likeness (QED) is 0.305. The summed E-state index contributed by atoms with van der Waals surface area (Å²) >= 11 is 0. The summed E-state index contributed by atoms with van der Waals surface area (Å²) in [5.41, 5.74) is -0.0569. The molecule has 0 saturated carbocycles. The third-order valence-electron chi connectivity index (χ3n) is 4.26. The molecule has 0 fully saturated rings. The number of ketones is 1. The minimum Gasteiger partial charge on any atom is -0.493 e. The predicted molar refractivity (Wildman–Crippen MR) is 117 cm³/mol. The van der Waals surface area contributed by atoms with E-state index in [1.54, 1.807) is 13.0 Å². The molecule has 176 valence electrons.